The molecule has 3 aromatic rings. The number of aryl methyl sites for hydroxylation is 1. The maximum Gasteiger partial charge on any atom is 0.184 e. The summed E-state index contributed by atoms with van der Waals surface area (Å²) in [4.78, 5) is 9.17. The molecule has 0 radical (unpaired) electrons. The zero-order valence-electron chi connectivity index (χ0n) is 18.6. The van der Waals surface area contributed by atoms with Crippen molar-refractivity contribution < 1.29 is 19.3 Å². The number of ether oxygens (including phenoxy) is 3. The van der Waals surface area contributed by atoms with Gasteiger partial charge < -0.3 is 25.1 Å². The lowest BCUT2D eigenvalue weighted by Crippen LogP contribution is -2.62. The van der Waals surface area contributed by atoms with Crippen molar-refractivity contribution >= 4 is 11.6 Å². The van der Waals surface area contributed by atoms with Gasteiger partial charge in [-0.25, -0.2) is 9.67 Å². The monoisotopic (exact) mass is 483 g/mol. The number of halogens is 1. The van der Waals surface area contributed by atoms with Crippen LogP contribution in [0, 0.1) is 6.92 Å². The number of aliphatic hydroxyl groups excluding tert-OH is 1. The molecule has 2 saturated heterocycles. The Morgan fingerprint density at radius 2 is 1.97 bits per heavy atom. The second-order valence-electron chi connectivity index (χ2n) is 9.10. The molecular formula is C24H26ClN5O4. The maximum atomic E-state index is 11.2. The topological polar surface area (TPSA) is 118 Å². The van der Waals surface area contributed by atoms with Gasteiger partial charge in [-0.3, -0.25) is 4.98 Å². The first-order valence-electron chi connectivity index (χ1n) is 11.5. The molecule has 1 aliphatic carbocycles. The second kappa shape index (κ2) is 8.67. The number of hydrogen-bond donors (Lipinski definition) is 2. The summed E-state index contributed by atoms with van der Waals surface area (Å²) < 4.78 is 20.1. The van der Waals surface area contributed by atoms with E-state index in [-0.39, 0.29) is 6.61 Å². The number of nitrogens with zero attached hydrogens (tertiary/aromatic N) is 4. The molecule has 0 spiro atoms. The van der Waals surface area contributed by atoms with Gasteiger partial charge in [0, 0.05) is 17.7 Å². The fraction of sp³-hybridized carbons (Fsp3) is 0.458. The molecule has 0 amide bonds. The number of hydrogen-bond acceptors (Lipinski definition) is 8. The van der Waals surface area contributed by atoms with Crippen LogP contribution in [0.5, 0.6) is 0 Å². The maximum absolute atomic E-state index is 11.2. The van der Waals surface area contributed by atoms with Crippen molar-refractivity contribution in [3.05, 3.63) is 70.5 Å². The molecule has 4 unspecified atom stereocenters. The highest BCUT2D eigenvalue weighted by Crippen LogP contribution is 2.43. The minimum absolute atomic E-state index is 0.278. The molecule has 2 aliphatic heterocycles. The average molecular weight is 484 g/mol. The number of nitrogens with two attached hydrogens (primary N) is 1. The highest BCUT2D eigenvalue weighted by atomic mass is 35.5. The van der Waals surface area contributed by atoms with Gasteiger partial charge in [-0.1, -0.05) is 41.9 Å². The third-order valence-electron chi connectivity index (χ3n) is 6.58. The lowest BCUT2D eigenvalue weighted by atomic mass is 9.92. The summed E-state index contributed by atoms with van der Waals surface area (Å²) in [6.07, 6.45) is 0.350. The van der Waals surface area contributed by atoms with E-state index in [4.69, 9.17) is 31.5 Å². The molecule has 10 heteroatoms. The Bertz CT molecular complexity index is 1190. The van der Waals surface area contributed by atoms with Crippen LogP contribution in [0.1, 0.15) is 54.1 Å². The van der Waals surface area contributed by atoms with Crippen LogP contribution in [0.3, 0.4) is 0 Å². The molecule has 34 heavy (non-hydrogen) atoms. The minimum Gasteiger partial charge on any atom is -0.388 e. The van der Waals surface area contributed by atoms with Crippen molar-refractivity contribution in [1.29, 1.82) is 0 Å². The SMILES string of the molecule is Cc1nc([C@@H]2OC3COC(c4ccccc4)O[C@@H]3C(N)C2O)n(-c2cc(Cl)cnc2C2CC2)n1. The average Bonchev–Trinajstić information content (AvgIpc) is 3.62. The predicted octanol–water partition coefficient (Wildman–Crippen LogP) is 2.74. The van der Waals surface area contributed by atoms with E-state index in [1.807, 2.05) is 36.4 Å². The largest absolute Gasteiger partial charge is 0.388 e. The summed E-state index contributed by atoms with van der Waals surface area (Å²) >= 11 is 6.29. The third-order valence-corrected chi connectivity index (χ3v) is 6.79. The molecule has 3 fully saturated rings. The van der Waals surface area contributed by atoms with Crippen LogP contribution >= 0.6 is 11.6 Å². The van der Waals surface area contributed by atoms with Gasteiger partial charge in [0.1, 0.15) is 30.2 Å². The summed E-state index contributed by atoms with van der Waals surface area (Å²) in [6.45, 7) is 2.07. The zero-order chi connectivity index (χ0) is 23.4. The van der Waals surface area contributed by atoms with Crippen LogP contribution in [0.25, 0.3) is 5.69 Å². The molecule has 2 aromatic heterocycles. The fourth-order valence-corrected chi connectivity index (χ4v) is 4.89. The smallest absolute Gasteiger partial charge is 0.184 e. The van der Waals surface area contributed by atoms with E-state index in [0.29, 0.717) is 22.6 Å². The molecular weight excluding hydrogens is 458 g/mol. The van der Waals surface area contributed by atoms with E-state index in [0.717, 1.165) is 29.8 Å². The zero-order valence-corrected chi connectivity index (χ0v) is 19.4. The van der Waals surface area contributed by atoms with Crippen LogP contribution in [-0.2, 0) is 14.2 Å². The number of rotatable bonds is 4. The molecule has 1 aromatic carbocycles. The van der Waals surface area contributed by atoms with Gasteiger partial charge in [0.25, 0.3) is 0 Å². The summed E-state index contributed by atoms with van der Waals surface area (Å²) in [5.41, 5.74) is 9.06. The predicted molar refractivity (Wildman–Crippen MR) is 122 cm³/mol. The van der Waals surface area contributed by atoms with E-state index < -0.39 is 36.7 Å². The van der Waals surface area contributed by atoms with Gasteiger partial charge in [0.2, 0.25) is 0 Å². The van der Waals surface area contributed by atoms with Gasteiger partial charge in [0.15, 0.2) is 12.1 Å². The Morgan fingerprint density at radius 3 is 2.74 bits per heavy atom. The normalized spacial score (nSPS) is 31.3. The second-order valence-corrected chi connectivity index (χ2v) is 9.54. The molecule has 6 atom stereocenters. The first kappa shape index (κ1) is 22.1. The van der Waals surface area contributed by atoms with Gasteiger partial charge in [0.05, 0.1) is 29.1 Å². The van der Waals surface area contributed by atoms with E-state index >= 15 is 0 Å². The molecule has 178 valence electrons. The molecule has 3 aliphatic rings. The molecule has 1 saturated carbocycles. The van der Waals surface area contributed by atoms with Crippen molar-refractivity contribution in [1.82, 2.24) is 19.7 Å². The Hall–Kier alpha value is -2.40. The van der Waals surface area contributed by atoms with Crippen LogP contribution < -0.4 is 5.73 Å². The number of fused-ring (bicyclic) bond motifs is 1. The standard InChI is InChI=1S/C24H26ClN5O4/c1-12-28-23(30(29-12)16-9-15(25)10-27-19(16)13-7-8-13)22-20(31)18(26)21-17(33-22)11-32-24(34-21)14-5-3-2-4-6-14/h2-6,9-10,13,17-18,20-22,24,31H,7-8,11,26H2,1H3/t17?,18?,20?,21-,22+,24?/m0/s1. The van der Waals surface area contributed by atoms with E-state index in [1.54, 1.807) is 17.8 Å². The quantitative estimate of drug-likeness (QED) is 0.581. The highest BCUT2D eigenvalue weighted by molar-refractivity contribution is 6.30. The third kappa shape index (κ3) is 3.92. The Labute approximate surface area is 201 Å². The van der Waals surface area contributed by atoms with E-state index in [9.17, 15) is 5.11 Å². The summed E-state index contributed by atoms with van der Waals surface area (Å²) in [6, 6.07) is 10.8. The fourth-order valence-electron chi connectivity index (χ4n) is 4.74. The molecule has 3 N–H and O–H groups in total. The molecule has 9 nitrogen and oxygen atoms in total. The first-order chi connectivity index (χ1) is 16.5. The molecule has 0 bridgehead atoms. The van der Waals surface area contributed by atoms with Crippen molar-refractivity contribution in [2.75, 3.05) is 6.61 Å². The number of benzene rings is 1. The van der Waals surface area contributed by atoms with Crippen molar-refractivity contribution in [2.24, 2.45) is 5.73 Å². The van der Waals surface area contributed by atoms with Crippen molar-refractivity contribution in [3.8, 4) is 5.69 Å². The van der Waals surface area contributed by atoms with E-state index in [2.05, 4.69) is 15.1 Å². The van der Waals surface area contributed by atoms with E-state index in [1.165, 1.54) is 0 Å². The van der Waals surface area contributed by atoms with Gasteiger partial charge in [-0.05, 0) is 25.8 Å². The molecule has 4 heterocycles. The summed E-state index contributed by atoms with van der Waals surface area (Å²) in [5, 5.41) is 16.3. The Morgan fingerprint density at radius 1 is 1.18 bits per heavy atom. The highest BCUT2D eigenvalue weighted by Gasteiger charge is 2.50. The number of aromatic nitrogens is 4. The lowest BCUT2D eigenvalue weighted by molar-refractivity contribution is -0.309. The summed E-state index contributed by atoms with van der Waals surface area (Å²) in [7, 11) is 0. The van der Waals surface area contributed by atoms with Crippen LogP contribution in [0.2, 0.25) is 5.02 Å². The van der Waals surface area contributed by atoms with Crippen LogP contribution in [0.4, 0.5) is 0 Å². The minimum atomic E-state index is -1.06. The first-order valence-corrected chi connectivity index (χ1v) is 11.9. The van der Waals surface area contributed by atoms with Gasteiger partial charge >= 0.3 is 0 Å². The van der Waals surface area contributed by atoms with Gasteiger partial charge in [-0.2, -0.15) is 5.10 Å². The lowest BCUT2D eigenvalue weighted by Gasteiger charge is -2.46. The van der Waals surface area contributed by atoms with Crippen LogP contribution in [0.15, 0.2) is 42.6 Å². The van der Waals surface area contributed by atoms with Crippen molar-refractivity contribution in [3.63, 3.8) is 0 Å². The number of aliphatic hydroxyl groups is 1. The summed E-state index contributed by atoms with van der Waals surface area (Å²) in [5.74, 6) is 1.36. The number of pyridine rings is 1. The van der Waals surface area contributed by atoms with Crippen LogP contribution in [-0.4, -0.2) is 55.8 Å². The Balaban J connectivity index is 1.31. The molecule has 6 rings (SSSR count). The van der Waals surface area contributed by atoms with Crippen molar-refractivity contribution in [2.45, 2.75) is 62.4 Å². The van der Waals surface area contributed by atoms with Gasteiger partial charge in [-0.15, -0.1) is 0 Å². The Kier molecular flexibility index (Phi) is 5.63.